The Labute approximate surface area is 108 Å². The summed E-state index contributed by atoms with van der Waals surface area (Å²) in [4.78, 5) is 5.09. The van der Waals surface area contributed by atoms with Gasteiger partial charge in [0.05, 0.1) is 0 Å². The molecular weight excluding hydrogens is 210 g/mol. The third kappa shape index (κ3) is 5.84. The minimum atomic E-state index is 0.685. The fourth-order valence-electron chi connectivity index (χ4n) is 2.73. The summed E-state index contributed by atoms with van der Waals surface area (Å²) in [6.07, 6.45) is 4.02. The van der Waals surface area contributed by atoms with Gasteiger partial charge in [-0.1, -0.05) is 13.3 Å². The maximum Gasteiger partial charge on any atom is 0.0195 e. The molecule has 17 heavy (non-hydrogen) atoms. The van der Waals surface area contributed by atoms with Gasteiger partial charge in [-0.05, 0) is 46.8 Å². The molecule has 2 unspecified atom stereocenters. The molecule has 3 heteroatoms. The van der Waals surface area contributed by atoms with Crippen molar-refractivity contribution in [1.82, 2.24) is 15.1 Å². The maximum absolute atomic E-state index is 3.48. The Morgan fingerprint density at radius 2 is 2.06 bits per heavy atom. The van der Waals surface area contributed by atoms with Crippen LogP contribution in [0.2, 0.25) is 0 Å². The first-order valence-electron chi connectivity index (χ1n) is 7.29. The van der Waals surface area contributed by atoms with E-state index in [2.05, 4.69) is 42.9 Å². The highest BCUT2D eigenvalue weighted by Crippen LogP contribution is 2.10. The molecule has 3 nitrogen and oxygen atoms in total. The third-order valence-corrected chi connectivity index (χ3v) is 3.85. The second kappa shape index (κ2) is 8.06. The van der Waals surface area contributed by atoms with E-state index in [1.807, 2.05) is 0 Å². The summed E-state index contributed by atoms with van der Waals surface area (Å²) in [5, 5.41) is 3.48. The van der Waals surface area contributed by atoms with E-state index >= 15 is 0 Å². The van der Waals surface area contributed by atoms with Gasteiger partial charge in [0.1, 0.15) is 0 Å². The van der Waals surface area contributed by atoms with E-state index in [-0.39, 0.29) is 0 Å². The number of hydrogen-bond donors (Lipinski definition) is 1. The number of nitrogens with one attached hydrogen (secondary N) is 1. The maximum atomic E-state index is 3.48. The second-order valence-corrected chi connectivity index (χ2v) is 5.60. The van der Waals surface area contributed by atoms with Gasteiger partial charge >= 0.3 is 0 Å². The van der Waals surface area contributed by atoms with Crippen molar-refractivity contribution in [3.63, 3.8) is 0 Å². The zero-order valence-corrected chi connectivity index (χ0v) is 12.2. The number of likely N-dealkylation sites (N-methyl/N-ethyl adjacent to an activating group) is 1. The van der Waals surface area contributed by atoms with Gasteiger partial charge < -0.3 is 10.2 Å². The van der Waals surface area contributed by atoms with E-state index in [1.165, 1.54) is 45.4 Å². The van der Waals surface area contributed by atoms with Crippen LogP contribution in [0.1, 0.15) is 40.0 Å². The van der Waals surface area contributed by atoms with Gasteiger partial charge in [0.25, 0.3) is 0 Å². The van der Waals surface area contributed by atoms with E-state index < -0.39 is 0 Å². The molecule has 2 atom stereocenters. The Morgan fingerprint density at radius 1 is 1.29 bits per heavy atom. The van der Waals surface area contributed by atoms with Crippen LogP contribution >= 0.6 is 0 Å². The van der Waals surface area contributed by atoms with Gasteiger partial charge in [0.2, 0.25) is 0 Å². The Morgan fingerprint density at radius 3 is 2.71 bits per heavy atom. The van der Waals surface area contributed by atoms with Gasteiger partial charge in [0.15, 0.2) is 0 Å². The Hall–Kier alpha value is -0.120. The molecule has 0 bridgehead atoms. The second-order valence-electron chi connectivity index (χ2n) is 5.60. The number of hydrogen-bond acceptors (Lipinski definition) is 3. The predicted octanol–water partition coefficient (Wildman–Crippen LogP) is 1.79. The Bertz CT molecular complexity index is 196. The zero-order valence-electron chi connectivity index (χ0n) is 12.2. The van der Waals surface area contributed by atoms with Crippen LogP contribution in [0.3, 0.4) is 0 Å². The van der Waals surface area contributed by atoms with Crippen molar-refractivity contribution in [3.05, 3.63) is 0 Å². The van der Waals surface area contributed by atoms with Crippen molar-refractivity contribution in [1.29, 1.82) is 0 Å². The normalized spacial score (nSPS) is 25.1. The van der Waals surface area contributed by atoms with Gasteiger partial charge in [0, 0.05) is 31.7 Å². The number of piperazine rings is 1. The van der Waals surface area contributed by atoms with Crippen molar-refractivity contribution in [3.8, 4) is 0 Å². The first-order chi connectivity index (χ1) is 8.13. The lowest BCUT2D eigenvalue weighted by atomic mass is 10.1. The van der Waals surface area contributed by atoms with E-state index in [0.717, 1.165) is 12.6 Å². The molecule has 0 spiro atoms. The van der Waals surface area contributed by atoms with Gasteiger partial charge in [-0.25, -0.2) is 0 Å². The summed E-state index contributed by atoms with van der Waals surface area (Å²) in [6.45, 7) is 12.9. The SMILES string of the molecule is CCNC(C)CCCCN1CCN(C)CC1C. The zero-order chi connectivity index (χ0) is 12.7. The molecule has 0 aromatic carbocycles. The Balaban J connectivity index is 2.06. The van der Waals surface area contributed by atoms with Crippen LogP contribution in [0, 0.1) is 0 Å². The summed E-state index contributed by atoms with van der Waals surface area (Å²) in [5.74, 6) is 0. The molecule has 0 radical (unpaired) electrons. The molecule has 0 amide bonds. The highest BCUT2D eigenvalue weighted by molar-refractivity contribution is 4.77. The van der Waals surface area contributed by atoms with Crippen LogP contribution in [0.4, 0.5) is 0 Å². The molecule has 1 saturated heterocycles. The first kappa shape index (κ1) is 14.9. The van der Waals surface area contributed by atoms with Crippen LogP contribution in [0.15, 0.2) is 0 Å². The highest BCUT2D eigenvalue weighted by atomic mass is 15.3. The molecule has 0 aromatic heterocycles. The quantitative estimate of drug-likeness (QED) is 0.686. The summed E-state index contributed by atoms with van der Waals surface area (Å²) >= 11 is 0. The molecule has 1 aliphatic heterocycles. The highest BCUT2D eigenvalue weighted by Gasteiger charge is 2.20. The van der Waals surface area contributed by atoms with Crippen molar-refractivity contribution in [2.45, 2.75) is 52.1 Å². The van der Waals surface area contributed by atoms with E-state index in [4.69, 9.17) is 0 Å². The minimum absolute atomic E-state index is 0.685. The lowest BCUT2D eigenvalue weighted by Crippen LogP contribution is -2.50. The van der Waals surface area contributed by atoms with E-state index in [0.29, 0.717) is 6.04 Å². The van der Waals surface area contributed by atoms with Crippen LogP contribution in [0.25, 0.3) is 0 Å². The molecule has 1 rings (SSSR count). The summed E-state index contributed by atoms with van der Waals surface area (Å²) in [5.41, 5.74) is 0. The Kier molecular flexibility index (Phi) is 7.09. The fourth-order valence-corrected chi connectivity index (χ4v) is 2.73. The van der Waals surface area contributed by atoms with E-state index in [9.17, 15) is 0 Å². The van der Waals surface area contributed by atoms with Gasteiger partial charge in [-0.2, -0.15) is 0 Å². The van der Waals surface area contributed by atoms with Crippen molar-refractivity contribution in [2.75, 3.05) is 39.8 Å². The average molecular weight is 241 g/mol. The number of unbranched alkanes of at least 4 members (excludes halogenated alkanes) is 1. The van der Waals surface area contributed by atoms with Gasteiger partial charge in [-0.15, -0.1) is 0 Å². The number of rotatable bonds is 7. The smallest absolute Gasteiger partial charge is 0.0195 e. The lowest BCUT2D eigenvalue weighted by Gasteiger charge is -2.38. The van der Waals surface area contributed by atoms with Crippen LogP contribution < -0.4 is 5.32 Å². The largest absolute Gasteiger partial charge is 0.315 e. The standard InChI is InChI=1S/C14H31N3/c1-5-15-13(2)8-6-7-9-17-11-10-16(4)12-14(17)3/h13-15H,5-12H2,1-4H3. The van der Waals surface area contributed by atoms with Crippen molar-refractivity contribution in [2.24, 2.45) is 0 Å². The topological polar surface area (TPSA) is 18.5 Å². The minimum Gasteiger partial charge on any atom is -0.315 e. The summed E-state index contributed by atoms with van der Waals surface area (Å²) in [6, 6.07) is 1.42. The molecule has 0 aromatic rings. The molecule has 0 aliphatic carbocycles. The third-order valence-electron chi connectivity index (χ3n) is 3.85. The van der Waals surface area contributed by atoms with Crippen LogP contribution in [-0.4, -0.2) is 61.7 Å². The summed E-state index contributed by atoms with van der Waals surface area (Å²) in [7, 11) is 2.23. The molecule has 102 valence electrons. The first-order valence-corrected chi connectivity index (χ1v) is 7.29. The molecule has 1 aliphatic rings. The van der Waals surface area contributed by atoms with Gasteiger partial charge in [-0.3, -0.25) is 4.90 Å². The molecule has 1 N–H and O–H groups in total. The fraction of sp³-hybridized carbons (Fsp3) is 1.00. The molecular formula is C14H31N3. The molecule has 1 heterocycles. The van der Waals surface area contributed by atoms with Crippen LogP contribution in [0.5, 0.6) is 0 Å². The van der Waals surface area contributed by atoms with Crippen molar-refractivity contribution >= 4 is 0 Å². The summed E-state index contributed by atoms with van der Waals surface area (Å²) < 4.78 is 0. The monoisotopic (exact) mass is 241 g/mol. The van der Waals surface area contributed by atoms with E-state index in [1.54, 1.807) is 0 Å². The van der Waals surface area contributed by atoms with Crippen molar-refractivity contribution < 1.29 is 0 Å². The molecule has 0 saturated carbocycles. The molecule has 1 fully saturated rings. The van der Waals surface area contributed by atoms with Crippen LogP contribution in [-0.2, 0) is 0 Å². The number of nitrogens with zero attached hydrogens (tertiary/aromatic N) is 2. The average Bonchev–Trinajstić information content (AvgIpc) is 2.27. The lowest BCUT2D eigenvalue weighted by molar-refractivity contribution is 0.0982. The predicted molar refractivity (Wildman–Crippen MR) is 75.5 cm³/mol.